The summed E-state index contributed by atoms with van der Waals surface area (Å²) >= 11 is 0. The summed E-state index contributed by atoms with van der Waals surface area (Å²) in [5, 5.41) is 101. The fourth-order valence-corrected chi connectivity index (χ4v) is 16.3. The molecule has 100 heavy (non-hydrogen) atoms. The molecule has 8 aliphatic rings. The lowest BCUT2D eigenvalue weighted by Crippen LogP contribution is -2.48. The highest BCUT2D eigenvalue weighted by Crippen LogP contribution is 2.22. The molecule has 8 saturated heterocycles. The molecule has 0 aromatic carbocycles. The molecule has 0 amide bonds. The van der Waals surface area contributed by atoms with Crippen LogP contribution in [0.25, 0.3) is 0 Å². The van der Waals surface area contributed by atoms with Crippen molar-refractivity contribution in [2.24, 2.45) is 0 Å². The number of hydrogen-bond donors (Lipinski definition) is 0. The number of piperidine rings is 8. The summed E-state index contributed by atoms with van der Waals surface area (Å²) in [6.45, 7) is 52.2. The Balaban J connectivity index is -0.000000508. The van der Waals surface area contributed by atoms with Crippen LogP contribution in [0.3, 0.4) is 0 Å². The van der Waals surface area contributed by atoms with Gasteiger partial charge in [-0.3, -0.25) is 0 Å². The van der Waals surface area contributed by atoms with Gasteiger partial charge in [-0.15, -0.1) is 0 Å². The average Bonchev–Trinajstić information content (AvgIpc) is 1.08. The van der Waals surface area contributed by atoms with Crippen molar-refractivity contribution in [3.05, 3.63) is 0 Å². The van der Waals surface area contributed by atoms with Crippen molar-refractivity contribution in [2.75, 3.05) is 213 Å². The van der Waals surface area contributed by atoms with E-state index in [1.54, 1.807) is 0 Å². The van der Waals surface area contributed by atoms with Gasteiger partial charge in [-0.05, 0) is 229 Å². The van der Waals surface area contributed by atoms with Gasteiger partial charge in [-0.1, -0.05) is 55.4 Å². The van der Waals surface area contributed by atoms with E-state index in [4.69, 9.17) is 61.2 Å². The molecule has 0 aromatic heterocycles. The van der Waals surface area contributed by atoms with Gasteiger partial charge in [0.2, 0.25) is 0 Å². The predicted molar refractivity (Wildman–Crippen MR) is 405 cm³/mol. The molecule has 0 aromatic rings. The fraction of sp³-hybridized carbons (Fsp3) is 0.947. The second-order valence-corrected chi connectivity index (χ2v) is 32.7. The Morgan fingerprint density at radius 1 is 0.190 bits per heavy atom. The first kappa shape index (κ1) is 104. The van der Waals surface area contributed by atoms with Crippen LogP contribution in [0.15, 0.2) is 0 Å². The SMILES string of the molecule is CCC[N+]1(C)CCCCC1.CCC[N+]1(C)CCCCC1.CCC[N+]1(C)CCCCC1.CCC[N+]1(C)CCCCC1.CCC[N+]1(C)CCCCC1.CCC[N+]1(C)CCCCC1.CCC[N+]1(C)CCCCC1.CCC[N+]1(C)CCCCC1.N#CB([O-])[O-].N#CB([O-])[O-].N#CB([O-])[O-].N#CB([O-])[O-]. The highest BCUT2D eigenvalue weighted by Gasteiger charge is 2.28. The summed E-state index contributed by atoms with van der Waals surface area (Å²) in [6, 6.07) is 0. The molecule has 0 radical (unpaired) electrons. The van der Waals surface area contributed by atoms with E-state index in [0.717, 1.165) is 23.9 Å². The number of nitrogens with zero attached hydrogens (tertiary/aromatic N) is 12. The molecule has 584 valence electrons. The van der Waals surface area contributed by atoms with Crippen molar-refractivity contribution in [1.29, 1.82) is 21.0 Å². The Kier molecular flexibility index (Phi) is 66.3. The van der Waals surface area contributed by atoms with Crippen LogP contribution < -0.4 is 40.2 Å². The van der Waals surface area contributed by atoms with Gasteiger partial charge in [0.25, 0.3) is 0 Å². The quantitative estimate of drug-likeness (QED) is 0.142. The van der Waals surface area contributed by atoms with Crippen LogP contribution >= 0.6 is 0 Å². The molecule has 0 aliphatic carbocycles. The zero-order chi connectivity index (χ0) is 76.7. The number of likely N-dealkylation sites (tertiary alicyclic amines) is 8. The summed E-state index contributed by atoms with van der Waals surface area (Å²) in [4.78, 5) is 0. The Bertz CT molecular complexity index is 1570. The normalized spacial score (nSPS) is 20.8. The van der Waals surface area contributed by atoms with Crippen LogP contribution in [0.2, 0.25) is 0 Å². The van der Waals surface area contributed by atoms with Crippen molar-refractivity contribution in [3.8, 4) is 23.9 Å². The first-order valence-electron chi connectivity index (χ1n) is 40.8. The zero-order valence-corrected chi connectivity index (χ0v) is 68.5. The van der Waals surface area contributed by atoms with Gasteiger partial charge in [0, 0.05) is 28.5 Å². The molecule has 8 fully saturated rings. The fourth-order valence-electron chi connectivity index (χ4n) is 16.3. The lowest BCUT2D eigenvalue weighted by atomic mass is 9.97. The van der Waals surface area contributed by atoms with Crippen LogP contribution in [0, 0.1) is 44.9 Å². The van der Waals surface area contributed by atoms with Crippen molar-refractivity contribution in [1.82, 2.24) is 0 Å². The van der Waals surface area contributed by atoms with E-state index in [1.165, 1.54) is 398 Å². The summed E-state index contributed by atoms with van der Waals surface area (Å²) in [5.41, 5.74) is 0. The number of quaternary nitrogens is 8. The average molecular weight is 1410 g/mol. The van der Waals surface area contributed by atoms with E-state index in [0.29, 0.717) is 0 Å². The topological polar surface area (TPSA) is 280 Å². The van der Waals surface area contributed by atoms with Gasteiger partial charge in [-0.2, -0.15) is 0 Å². The maximum absolute atomic E-state index is 8.98. The molecule has 0 saturated carbocycles. The summed E-state index contributed by atoms with van der Waals surface area (Å²) in [5.74, 6) is 3.67. The highest BCUT2D eigenvalue weighted by molar-refractivity contribution is 6.47. The standard InChI is InChI=1S/8C9H20N.4CBNO2/c8*1-3-7-10(2)8-5-4-6-9-10;4*3-1-2(4)5/h8*3-9H2,1-2H3;;;;/q8*+1;4*-2. The molecule has 8 aliphatic heterocycles. The van der Waals surface area contributed by atoms with Gasteiger partial charge in [0.1, 0.15) is 0 Å². The second-order valence-electron chi connectivity index (χ2n) is 32.7. The Hall–Kier alpha value is -2.42. The minimum absolute atomic E-state index is 0.917. The second kappa shape index (κ2) is 63.8. The maximum Gasteiger partial charge on any atom is 0.0784 e. The van der Waals surface area contributed by atoms with Gasteiger partial charge in [0.05, 0.1) is 213 Å². The van der Waals surface area contributed by atoms with Crippen LogP contribution in [-0.4, -0.2) is 278 Å². The van der Waals surface area contributed by atoms with Crippen molar-refractivity contribution in [3.63, 3.8) is 0 Å². The Morgan fingerprint density at radius 3 is 0.310 bits per heavy atom. The smallest absolute Gasteiger partial charge is 0.0784 e. The molecule has 0 unspecified atom stereocenters. The lowest BCUT2D eigenvalue weighted by molar-refractivity contribution is -0.914. The number of nitriles is 4. The molecule has 0 spiro atoms. The predicted octanol–water partition coefficient (Wildman–Crippen LogP) is 5.25. The van der Waals surface area contributed by atoms with Crippen molar-refractivity contribution in [2.45, 2.75) is 261 Å². The van der Waals surface area contributed by atoms with Crippen LogP contribution in [0.1, 0.15) is 261 Å². The summed E-state index contributed by atoms with van der Waals surface area (Å²) in [6.07, 6.45) is 45.8. The minimum Gasteiger partial charge on any atom is -0.881 e. The molecule has 0 atom stereocenters. The number of hydrogen-bond acceptors (Lipinski definition) is 12. The third-order valence-electron chi connectivity index (χ3n) is 21.7. The minimum atomic E-state index is -2.31. The number of rotatable bonds is 16. The van der Waals surface area contributed by atoms with E-state index in [1.807, 2.05) is 0 Å². The third-order valence-corrected chi connectivity index (χ3v) is 21.7. The third kappa shape index (κ3) is 61.8. The Morgan fingerprint density at radius 2 is 0.260 bits per heavy atom. The molecule has 8 rings (SSSR count). The van der Waals surface area contributed by atoms with E-state index >= 15 is 0 Å². The molecule has 24 heteroatoms. The maximum atomic E-state index is 8.98. The summed E-state index contributed by atoms with van der Waals surface area (Å²) < 4.78 is 10.8. The monoisotopic (exact) mass is 1410 g/mol. The lowest BCUT2D eigenvalue weighted by Gasteiger charge is -2.37. The van der Waals surface area contributed by atoms with Crippen LogP contribution in [-0.2, 0) is 0 Å². The van der Waals surface area contributed by atoms with E-state index in [9.17, 15) is 0 Å². The first-order valence-corrected chi connectivity index (χ1v) is 40.8. The molecule has 8 heterocycles. The van der Waals surface area contributed by atoms with Gasteiger partial charge >= 0.3 is 0 Å². The van der Waals surface area contributed by atoms with E-state index in [-0.39, 0.29) is 0 Å². The van der Waals surface area contributed by atoms with E-state index < -0.39 is 28.5 Å². The van der Waals surface area contributed by atoms with Crippen LogP contribution in [0.4, 0.5) is 0 Å². The molecular formula is C76H160B4N12O8. The molecule has 0 N–H and O–H groups in total. The van der Waals surface area contributed by atoms with Crippen molar-refractivity contribution < 1.29 is 76.1 Å². The first-order chi connectivity index (χ1) is 47.2. The largest absolute Gasteiger partial charge is 0.881 e. The van der Waals surface area contributed by atoms with Gasteiger partial charge < -0.3 is 76.1 Å². The molecule has 20 nitrogen and oxygen atoms in total. The zero-order valence-electron chi connectivity index (χ0n) is 68.5. The van der Waals surface area contributed by atoms with Crippen LogP contribution in [0.5, 0.6) is 0 Å². The van der Waals surface area contributed by atoms with Gasteiger partial charge in [-0.25, -0.2) is 21.0 Å². The summed E-state index contributed by atoms with van der Waals surface area (Å²) in [7, 11) is 10.0. The van der Waals surface area contributed by atoms with E-state index in [2.05, 4.69) is 112 Å². The Labute approximate surface area is 620 Å². The van der Waals surface area contributed by atoms with Crippen molar-refractivity contribution >= 4 is 28.5 Å². The van der Waals surface area contributed by atoms with Gasteiger partial charge in [0.15, 0.2) is 0 Å². The highest BCUT2D eigenvalue weighted by atomic mass is 16.4. The molecule has 0 bridgehead atoms. The molecular weight excluding hydrogens is 1250 g/mol.